The first kappa shape index (κ1) is 12.6. The fraction of sp³-hybridized carbons (Fsp3) is 0.500. The maximum Gasteiger partial charge on any atom is 0.184 e. The van der Waals surface area contributed by atoms with Gasteiger partial charge in [-0.1, -0.05) is 20.8 Å². The lowest BCUT2D eigenvalue weighted by Gasteiger charge is -2.26. The minimum Gasteiger partial charge on any atom is -0.383 e. The van der Waals surface area contributed by atoms with Crippen molar-refractivity contribution in [2.24, 2.45) is 11.1 Å². The van der Waals surface area contributed by atoms with Gasteiger partial charge in [0.2, 0.25) is 0 Å². The van der Waals surface area contributed by atoms with Gasteiger partial charge in [0, 0.05) is 6.20 Å². The molecule has 0 saturated heterocycles. The van der Waals surface area contributed by atoms with Crippen LogP contribution in [0.4, 0.5) is 5.82 Å². The Kier molecular flexibility index (Phi) is 3.33. The van der Waals surface area contributed by atoms with Crippen molar-refractivity contribution in [1.29, 1.82) is 0 Å². The first-order chi connectivity index (χ1) is 7.25. The Morgan fingerprint density at radius 1 is 1.44 bits per heavy atom. The van der Waals surface area contributed by atoms with Gasteiger partial charge in [-0.15, -0.1) is 0 Å². The van der Waals surface area contributed by atoms with Crippen LogP contribution in [0.25, 0.3) is 0 Å². The number of hydrogen-bond acceptors (Lipinski definition) is 4. The summed E-state index contributed by atoms with van der Waals surface area (Å²) < 4.78 is 0. The Balaban J connectivity index is 3.16. The van der Waals surface area contributed by atoms with Gasteiger partial charge in [-0.25, -0.2) is 4.98 Å². The van der Waals surface area contributed by atoms with Crippen molar-refractivity contribution >= 4 is 11.6 Å². The number of nitrogens with zero attached hydrogens (tertiary/aromatic N) is 1. The zero-order valence-electron chi connectivity index (χ0n) is 10.2. The third-order valence-corrected chi connectivity index (χ3v) is 2.65. The van der Waals surface area contributed by atoms with E-state index in [0.717, 1.165) is 5.56 Å². The van der Waals surface area contributed by atoms with Crippen LogP contribution in [-0.4, -0.2) is 16.8 Å². The zero-order valence-corrected chi connectivity index (χ0v) is 10.2. The van der Waals surface area contributed by atoms with Crippen molar-refractivity contribution in [3.05, 3.63) is 23.4 Å². The van der Waals surface area contributed by atoms with Crippen molar-refractivity contribution in [3.8, 4) is 0 Å². The molecule has 1 unspecified atom stereocenters. The lowest BCUT2D eigenvalue weighted by atomic mass is 9.82. The Morgan fingerprint density at radius 2 is 2.00 bits per heavy atom. The fourth-order valence-corrected chi connectivity index (χ4v) is 1.45. The van der Waals surface area contributed by atoms with E-state index >= 15 is 0 Å². The number of ketones is 1. The Labute approximate surface area is 96.0 Å². The molecule has 4 N–H and O–H groups in total. The van der Waals surface area contributed by atoms with Gasteiger partial charge in [-0.05, 0) is 24.0 Å². The number of carbonyl (C=O) groups excluding carboxylic acids is 1. The molecule has 4 nitrogen and oxygen atoms in total. The van der Waals surface area contributed by atoms with Crippen LogP contribution in [0, 0.1) is 12.3 Å². The van der Waals surface area contributed by atoms with E-state index < -0.39 is 6.04 Å². The molecule has 1 aromatic heterocycles. The van der Waals surface area contributed by atoms with Crippen molar-refractivity contribution in [3.63, 3.8) is 0 Å². The average Bonchev–Trinajstić information content (AvgIpc) is 2.14. The van der Waals surface area contributed by atoms with Crippen LogP contribution in [0.2, 0.25) is 0 Å². The Morgan fingerprint density at radius 3 is 2.44 bits per heavy atom. The number of carbonyl (C=O) groups is 1. The summed E-state index contributed by atoms with van der Waals surface area (Å²) >= 11 is 0. The van der Waals surface area contributed by atoms with Gasteiger partial charge < -0.3 is 11.5 Å². The normalized spacial score (nSPS) is 13.6. The molecule has 0 saturated carbocycles. The van der Waals surface area contributed by atoms with Crippen molar-refractivity contribution in [1.82, 2.24) is 4.98 Å². The molecular weight excluding hydrogens is 202 g/mol. The number of Topliss-reactive ketones (excluding diaryl/α,β-unsaturated/α-hetero) is 1. The quantitative estimate of drug-likeness (QED) is 0.742. The van der Waals surface area contributed by atoms with Gasteiger partial charge in [0.25, 0.3) is 0 Å². The number of hydrogen-bond donors (Lipinski definition) is 2. The molecule has 0 aliphatic carbocycles. The van der Waals surface area contributed by atoms with Gasteiger partial charge in [-0.2, -0.15) is 0 Å². The fourth-order valence-electron chi connectivity index (χ4n) is 1.45. The minimum absolute atomic E-state index is 0.143. The van der Waals surface area contributed by atoms with Crippen LogP contribution >= 0.6 is 0 Å². The van der Waals surface area contributed by atoms with Gasteiger partial charge in [0.15, 0.2) is 5.78 Å². The first-order valence-corrected chi connectivity index (χ1v) is 5.26. The molecule has 4 heteroatoms. The standard InChI is InChI=1S/C12H19N3O/c1-7-5-6-15-11(14)8(7)9(16)10(13)12(2,3)4/h5-6,10H,13H2,1-4H3,(H2,14,15). The predicted molar refractivity (Wildman–Crippen MR) is 65.1 cm³/mol. The summed E-state index contributed by atoms with van der Waals surface area (Å²) in [5, 5.41) is 0. The predicted octanol–water partition coefficient (Wildman–Crippen LogP) is 1.53. The van der Waals surface area contributed by atoms with Crippen molar-refractivity contribution in [2.75, 3.05) is 5.73 Å². The number of aromatic nitrogens is 1. The topological polar surface area (TPSA) is 82.0 Å². The molecule has 1 heterocycles. The number of nitrogens with two attached hydrogens (primary N) is 2. The molecule has 1 aromatic rings. The summed E-state index contributed by atoms with van der Waals surface area (Å²) in [5.74, 6) is 0.111. The molecule has 0 aliphatic rings. The third kappa shape index (κ3) is 2.39. The van der Waals surface area contributed by atoms with Crippen LogP contribution in [0.15, 0.2) is 12.3 Å². The molecule has 1 rings (SSSR count). The second kappa shape index (κ2) is 4.22. The highest BCUT2D eigenvalue weighted by atomic mass is 16.1. The van der Waals surface area contributed by atoms with E-state index in [0.29, 0.717) is 5.56 Å². The molecular formula is C12H19N3O. The van der Waals surface area contributed by atoms with Crippen LogP contribution in [-0.2, 0) is 0 Å². The molecule has 0 bridgehead atoms. The number of rotatable bonds is 2. The van der Waals surface area contributed by atoms with Crippen LogP contribution in [0.5, 0.6) is 0 Å². The highest BCUT2D eigenvalue weighted by molar-refractivity contribution is 6.05. The molecule has 0 aliphatic heterocycles. The van der Waals surface area contributed by atoms with E-state index in [9.17, 15) is 4.79 Å². The second-order valence-electron chi connectivity index (χ2n) is 5.10. The average molecular weight is 221 g/mol. The number of pyridine rings is 1. The highest BCUT2D eigenvalue weighted by Gasteiger charge is 2.30. The summed E-state index contributed by atoms with van der Waals surface area (Å²) in [6, 6.07) is 1.19. The zero-order chi connectivity index (χ0) is 12.5. The van der Waals surface area contributed by atoms with Crippen LogP contribution in [0.3, 0.4) is 0 Å². The lowest BCUT2D eigenvalue weighted by Crippen LogP contribution is -2.42. The molecule has 16 heavy (non-hydrogen) atoms. The second-order valence-corrected chi connectivity index (χ2v) is 5.10. The van der Waals surface area contributed by atoms with Crippen LogP contribution in [0.1, 0.15) is 36.7 Å². The molecule has 0 radical (unpaired) electrons. The van der Waals surface area contributed by atoms with E-state index in [2.05, 4.69) is 4.98 Å². The molecule has 0 fully saturated rings. The van der Waals surface area contributed by atoms with E-state index in [1.807, 2.05) is 27.7 Å². The van der Waals surface area contributed by atoms with E-state index in [1.165, 1.54) is 0 Å². The highest BCUT2D eigenvalue weighted by Crippen LogP contribution is 2.24. The Hall–Kier alpha value is -1.42. The summed E-state index contributed by atoms with van der Waals surface area (Å²) in [6.07, 6.45) is 1.59. The Bertz CT molecular complexity index is 387. The van der Waals surface area contributed by atoms with Gasteiger partial charge >= 0.3 is 0 Å². The molecule has 88 valence electrons. The van der Waals surface area contributed by atoms with Gasteiger partial charge in [-0.3, -0.25) is 4.79 Å². The maximum absolute atomic E-state index is 12.2. The van der Waals surface area contributed by atoms with E-state index in [4.69, 9.17) is 11.5 Å². The smallest absolute Gasteiger partial charge is 0.184 e. The SMILES string of the molecule is Cc1ccnc(N)c1C(=O)C(N)C(C)(C)C. The molecule has 0 amide bonds. The number of anilines is 1. The monoisotopic (exact) mass is 221 g/mol. The molecule has 0 spiro atoms. The number of aryl methyl sites for hydroxylation is 1. The van der Waals surface area contributed by atoms with Crippen molar-refractivity contribution < 1.29 is 4.79 Å². The van der Waals surface area contributed by atoms with E-state index in [1.54, 1.807) is 12.3 Å². The first-order valence-electron chi connectivity index (χ1n) is 5.26. The van der Waals surface area contributed by atoms with E-state index in [-0.39, 0.29) is 17.0 Å². The number of nitrogen functional groups attached to an aromatic ring is 1. The minimum atomic E-state index is -0.572. The molecule has 1 atom stereocenters. The lowest BCUT2D eigenvalue weighted by molar-refractivity contribution is 0.0901. The summed E-state index contributed by atoms with van der Waals surface area (Å²) in [4.78, 5) is 16.1. The van der Waals surface area contributed by atoms with Gasteiger partial charge in [0.05, 0.1) is 11.6 Å². The van der Waals surface area contributed by atoms with Gasteiger partial charge in [0.1, 0.15) is 5.82 Å². The largest absolute Gasteiger partial charge is 0.383 e. The summed E-state index contributed by atoms with van der Waals surface area (Å²) in [6.45, 7) is 7.62. The maximum atomic E-state index is 12.2. The summed E-state index contributed by atoms with van der Waals surface area (Å²) in [5.41, 5.74) is 12.6. The molecule has 0 aromatic carbocycles. The summed E-state index contributed by atoms with van der Waals surface area (Å²) in [7, 11) is 0. The third-order valence-electron chi connectivity index (χ3n) is 2.65. The van der Waals surface area contributed by atoms with Crippen molar-refractivity contribution in [2.45, 2.75) is 33.7 Å². The van der Waals surface area contributed by atoms with Crippen LogP contribution < -0.4 is 11.5 Å².